The summed E-state index contributed by atoms with van der Waals surface area (Å²) in [6, 6.07) is 4.61. The number of fused-ring (bicyclic) bond motifs is 1. The monoisotopic (exact) mass is 341 g/mol. The van der Waals surface area contributed by atoms with Crippen molar-refractivity contribution in [2.75, 3.05) is 0 Å². The minimum Gasteiger partial charge on any atom is -0.441 e. The van der Waals surface area contributed by atoms with Crippen LogP contribution in [-0.2, 0) is 4.74 Å². The zero-order valence-electron chi connectivity index (χ0n) is 11.7. The number of thiazole rings is 1. The average molecular weight is 341 g/mol. The molecular formula is C14H10F3N3O2S. The first-order valence-electron chi connectivity index (χ1n) is 6.48. The third-order valence-corrected chi connectivity index (χ3v) is 4.09. The maximum atomic E-state index is 13.2. The number of aromatic amines is 1. The lowest BCUT2D eigenvalue weighted by Gasteiger charge is -2.18. The molecule has 23 heavy (non-hydrogen) atoms. The van der Waals surface area contributed by atoms with Gasteiger partial charge in [0, 0.05) is 16.5 Å². The number of nitrogens with zero attached hydrogens (tertiary/aromatic N) is 2. The van der Waals surface area contributed by atoms with Crippen molar-refractivity contribution in [2.45, 2.75) is 19.2 Å². The van der Waals surface area contributed by atoms with Gasteiger partial charge in [-0.25, -0.2) is 9.78 Å². The number of carbonyl (C=O) groups is 1. The molecule has 0 aliphatic rings. The van der Waals surface area contributed by atoms with E-state index in [1.54, 1.807) is 19.1 Å². The fraction of sp³-hybridized carbons (Fsp3) is 0.214. The number of nitrogens with one attached hydrogen (secondary N) is 1. The van der Waals surface area contributed by atoms with Crippen molar-refractivity contribution in [3.63, 3.8) is 0 Å². The van der Waals surface area contributed by atoms with Crippen molar-refractivity contribution in [2.24, 2.45) is 0 Å². The summed E-state index contributed by atoms with van der Waals surface area (Å²) in [4.78, 5) is 16.0. The second-order valence-electron chi connectivity index (χ2n) is 4.79. The first-order valence-corrected chi connectivity index (χ1v) is 7.36. The molecule has 0 amide bonds. The maximum absolute atomic E-state index is 13.2. The summed E-state index contributed by atoms with van der Waals surface area (Å²) < 4.78 is 44.4. The van der Waals surface area contributed by atoms with Gasteiger partial charge in [0.05, 0.1) is 17.3 Å². The molecule has 0 fully saturated rings. The Morgan fingerprint density at radius 1 is 1.39 bits per heavy atom. The first-order chi connectivity index (χ1) is 10.9. The number of hydrogen-bond acceptors (Lipinski definition) is 5. The van der Waals surface area contributed by atoms with E-state index in [0.717, 1.165) is 11.3 Å². The number of benzene rings is 1. The number of hydrogen-bond donors (Lipinski definition) is 1. The van der Waals surface area contributed by atoms with Crippen LogP contribution in [0.5, 0.6) is 0 Å². The van der Waals surface area contributed by atoms with Gasteiger partial charge in [-0.05, 0) is 13.0 Å². The van der Waals surface area contributed by atoms with Gasteiger partial charge in [0.1, 0.15) is 5.01 Å². The van der Waals surface area contributed by atoms with E-state index in [4.69, 9.17) is 4.74 Å². The number of rotatable bonds is 3. The molecule has 3 rings (SSSR count). The lowest BCUT2D eigenvalue weighted by Crippen LogP contribution is -2.26. The SMILES string of the molecule is Cc1csc(C(OC(=O)c2cccc3cn[nH]c23)C(F)(F)F)n1. The Labute approximate surface area is 132 Å². The van der Waals surface area contributed by atoms with Crippen molar-refractivity contribution in [1.29, 1.82) is 0 Å². The number of halogens is 3. The highest BCUT2D eigenvalue weighted by molar-refractivity contribution is 7.09. The van der Waals surface area contributed by atoms with E-state index in [1.807, 2.05) is 0 Å². The number of ether oxygens (including phenoxy) is 1. The van der Waals surface area contributed by atoms with Crippen molar-refractivity contribution in [3.8, 4) is 0 Å². The molecule has 1 unspecified atom stereocenters. The molecular weight excluding hydrogens is 331 g/mol. The van der Waals surface area contributed by atoms with Crippen LogP contribution in [0.15, 0.2) is 29.8 Å². The van der Waals surface area contributed by atoms with Crippen LogP contribution in [0.25, 0.3) is 10.9 Å². The molecule has 2 heterocycles. The summed E-state index contributed by atoms with van der Waals surface area (Å²) in [6.45, 7) is 1.57. The number of carbonyl (C=O) groups excluding carboxylic acids is 1. The summed E-state index contributed by atoms with van der Waals surface area (Å²) >= 11 is 0.798. The summed E-state index contributed by atoms with van der Waals surface area (Å²) in [6.07, 6.45) is -5.67. The molecule has 120 valence electrons. The van der Waals surface area contributed by atoms with Gasteiger partial charge in [-0.3, -0.25) is 5.10 Å². The Hall–Kier alpha value is -2.42. The fourth-order valence-corrected chi connectivity index (χ4v) is 2.91. The highest BCUT2D eigenvalue weighted by atomic mass is 32.1. The summed E-state index contributed by atoms with van der Waals surface area (Å²) in [5, 5.41) is 8.12. The predicted molar refractivity (Wildman–Crippen MR) is 77.2 cm³/mol. The Kier molecular flexibility index (Phi) is 3.80. The molecule has 1 atom stereocenters. The third-order valence-electron chi connectivity index (χ3n) is 3.08. The molecule has 9 heteroatoms. The minimum absolute atomic E-state index is 0.0115. The Bertz CT molecular complexity index is 856. The minimum atomic E-state index is -4.75. The van der Waals surface area contributed by atoms with Gasteiger partial charge in [-0.15, -0.1) is 11.3 Å². The van der Waals surface area contributed by atoms with E-state index in [9.17, 15) is 18.0 Å². The lowest BCUT2D eigenvalue weighted by atomic mass is 10.1. The molecule has 1 aromatic carbocycles. The lowest BCUT2D eigenvalue weighted by molar-refractivity contribution is -0.207. The van der Waals surface area contributed by atoms with Gasteiger partial charge in [-0.1, -0.05) is 12.1 Å². The molecule has 0 aliphatic heterocycles. The second kappa shape index (κ2) is 5.65. The smallest absolute Gasteiger partial charge is 0.432 e. The van der Waals surface area contributed by atoms with Crippen LogP contribution in [0.1, 0.15) is 27.2 Å². The summed E-state index contributed by atoms with van der Waals surface area (Å²) in [7, 11) is 0. The van der Waals surface area contributed by atoms with E-state index in [2.05, 4.69) is 15.2 Å². The van der Waals surface area contributed by atoms with Crippen molar-refractivity contribution in [3.05, 3.63) is 46.0 Å². The van der Waals surface area contributed by atoms with Gasteiger partial charge in [0.15, 0.2) is 0 Å². The second-order valence-corrected chi connectivity index (χ2v) is 5.68. The van der Waals surface area contributed by atoms with Gasteiger partial charge >= 0.3 is 12.1 Å². The molecule has 1 N–H and O–H groups in total. The first kappa shape index (κ1) is 15.5. The quantitative estimate of drug-likeness (QED) is 0.736. The normalized spacial score (nSPS) is 13.2. The Balaban J connectivity index is 1.94. The largest absolute Gasteiger partial charge is 0.441 e. The molecule has 0 spiro atoms. The van der Waals surface area contributed by atoms with Crippen LogP contribution in [0.4, 0.5) is 13.2 Å². The van der Waals surface area contributed by atoms with Crippen molar-refractivity contribution >= 4 is 28.2 Å². The Morgan fingerprint density at radius 2 is 2.17 bits per heavy atom. The number of H-pyrrole nitrogens is 1. The van der Waals surface area contributed by atoms with Crippen LogP contribution < -0.4 is 0 Å². The topological polar surface area (TPSA) is 67.9 Å². The van der Waals surface area contributed by atoms with Gasteiger partial charge in [-0.2, -0.15) is 18.3 Å². The van der Waals surface area contributed by atoms with Gasteiger partial charge in [0.2, 0.25) is 6.10 Å². The highest BCUT2D eigenvalue weighted by Crippen LogP contribution is 2.38. The van der Waals surface area contributed by atoms with E-state index in [-0.39, 0.29) is 10.6 Å². The molecule has 3 aromatic rings. The van der Waals surface area contributed by atoms with Crippen LogP contribution in [0, 0.1) is 6.92 Å². The zero-order valence-corrected chi connectivity index (χ0v) is 12.5. The molecule has 0 bridgehead atoms. The number of aryl methyl sites for hydroxylation is 1. The predicted octanol–water partition coefficient (Wildman–Crippen LogP) is 3.79. The maximum Gasteiger partial charge on any atom is 0.432 e. The fourth-order valence-electron chi connectivity index (χ4n) is 2.06. The molecule has 0 saturated heterocycles. The number of esters is 1. The van der Waals surface area contributed by atoms with Gasteiger partial charge in [0.25, 0.3) is 0 Å². The number of para-hydroxylation sites is 1. The third kappa shape index (κ3) is 3.04. The van der Waals surface area contributed by atoms with Crippen LogP contribution in [0.2, 0.25) is 0 Å². The van der Waals surface area contributed by atoms with Crippen LogP contribution in [0.3, 0.4) is 0 Å². The van der Waals surface area contributed by atoms with Crippen molar-refractivity contribution in [1.82, 2.24) is 15.2 Å². The van der Waals surface area contributed by atoms with E-state index < -0.39 is 18.2 Å². The van der Waals surface area contributed by atoms with Crippen molar-refractivity contribution < 1.29 is 22.7 Å². The molecule has 0 aliphatic carbocycles. The zero-order chi connectivity index (χ0) is 16.6. The molecule has 2 aromatic heterocycles. The van der Waals surface area contributed by atoms with E-state index >= 15 is 0 Å². The molecule has 0 radical (unpaired) electrons. The number of aromatic nitrogens is 3. The molecule has 0 saturated carbocycles. The van der Waals surface area contributed by atoms with E-state index in [1.165, 1.54) is 17.6 Å². The standard InChI is InChI=1S/C14H10F3N3O2S/c1-7-6-23-12(19-7)11(14(15,16)17)22-13(21)9-4-2-3-8-5-18-20-10(8)9/h2-6,11H,1H3,(H,18,20). The molecule has 5 nitrogen and oxygen atoms in total. The summed E-state index contributed by atoms with van der Waals surface area (Å²) in [5.41, 5.74) is 0.752. The van der Waals surface area contributed by atoms with Crippen LogP contribution in [-0.4, -0.2) is 27.3 Å². The van der Waals surface area contributed by atoms with Gasteiger partial charge < -0.3 is 4.74 Å². The van der Waals surface area contributed by atoms with Crippen LogP contribution >= 0.6 is 11.3 Å². The average Bonchev–Trinajstić information content (AvgIpc) is 3.11. The Morgan fingerprint density at radius 3 is 2.83 bits per heavy atom. The summed E-state index contributed by atoms with van der Waals surface area (Å²) in [5.74, 6) is -1.09. The van der Waals surface area contributed by atoms with E-state index in [0.29, 0.717) is 16.6 Å². The highest BCUT2D eigenvalue weighted by Gasteiger charge is 2.46. The number of alkyl halides is 3.